The van der Waals surface area contributed by atoms with E-state index in [1.165, 1.54) is 0 Å². The molecule has 0 saturated carbocycles. The molecule has 0 atom stereocenters. The van der Waals surface area contributed by atoms with Crippen molar-refractivity contribution in [2.75, 3.05) is 25.0 Å². The number of benzene rings is 1. The lowest BCUT2D eigenvalue weighted by atomic mass is 10.00. The van der Waals surface area contributed by atoms with Gasteiger partial charge in [0.05, 0.1) is 0 Å². The Balaban J connectivity index is 1.72. The van der Waals surface area contributed by atoms with Gasteiger partial charge in [-0.15, -0.1) is 0 Å². The van der Waals surface area contributed by atoms with Gasteiger partial charge in [-0.2, -0.15) is 0 Å². The van der Waals surface area contributed by atoms with E-state index in [1.54, 1.807) is 12.1 Å². The summed E-state index contributed by atoms with van der Waals surface area (Å²) in [5, 5.41) is 6.25. The van der Waals surface area contributed by atoms with Crippen LogP contribution in [0.4, 0.5) is 10.5 Å². The van der Waals surface area contributed by atoms with Crippen molar-refractivity contribution < 1.29 is 9.59 Å². The number of carbonyl (C=O) groups is 2. The minimum Gasteiger partial charge on any atom is -0.337 e. The van der Waals surface area contributed by atoms with Gasteiger partial charge >= 0.3 is 6.03 Å². The van der Waals surface area contributed by atoms with Crippen molar-refractivity contribution >= 4 is 29.2 Å². The number of carbonyl (C=O) groups excluding carboxylic acids is 2. The molecule has 6 heteroatoms. The topological polar surface area (TPSA) is 61.4 Å². The molecule has 1 aliphatic heterocycles. The average molecular weight is 338 g/mol. The fourth-order valence-corrected chi connectivity index (χ4v) is 2.74. The summed E-state index contributed by atoms with van der Waals surface area (Å²) in [5.74, 6) is 0.550. The summed E-state index contributed by atoms with van der Waals surface area (Å²) < 4.78 is 0. The highest BCUT2D eigenvalue weighted by Crippen LogP contribution is 2.22. The average Bonchev–Trinajstić information content (AvgIpc) is 2.52. The molecule has 0 spiro atoms. The van der Waals surface area contributed by atoms with Gasteiger partial charge in [-0.05, 0) is 43.4 Å². The molecule has 0 bridgehead atoms. The Labute approximate surface area is 142 Å². The van der Waals surface area contributed by atoms with Crippen LogP contribution in [0, 0.1) is 12.8 Å². The van der Waals surface area contributed by atoms with E-state index < -0.39 is 0 Å². The van der Waals surface area contributed by atoms with Crippen molar-refractivity contribution in [2.24, 2.45) is 5.92 Å². The maximum atomic E-state index is 12.0. The third-order valence-corrected chi connectivity index (χ3v) is 4.65. The van der Waals surface area contributed by atoms with Crippen molar-refractivity contribution in [1.82, 2.24) is 10.2 Å². The Hall–Kier alpha value is -1.75. The summed E-state index contributed by atoms with van der Waals surface area (Å²) in [6.45, 7) is 5.98. The van der Waals surface area contributed by atoms with Gasteiger partial charge in [0, 0.05) is 36.8 Å². The molecule has 1 fully saturated rings. The largest absolute Gasteiger partial charge is 0.337 e. The lowest BCUT2D eigenvalue weighted by Gasteiger charge is -2.30. The number of nitrogens with one attached hydrogen (secondary N) is 2. The normalized spacial score (nSPS) is 15.3. The molecule has 1 aromatic rings. The number of urea groups is 1. The predicted molar refractivity (Wildman–Crippen MR) is 92.8 cm³/mol. The van der Waals surface area contributed by atoms with Crippen molar-refractivity contribution in [3.8, 4) is 0 Å². The van der Waals surface area contributed by atoms with Crippen LogP contribution in [0.2, 0.25) is 5.02 Å². The second-order valence-corrected chi connectivity index (χ2v) is 6.52. The molecule has 2 rings (SSSR count). The molecule has 1 aromatic carbocycles. The molecule has 2 N–H and O–H groups in total. The van der Waals surface area contributed by atoms with E-state index in [0.29, 0.717) is 23.2 Å². The summed E-state index contributed by atoms with van der Waals surface area (Å²) in [6, 6.07) is 5.31. The number of hydrogen-bond acceptors (Lipinski definition) is 2. The Morgan fingerprint density at radius 2 is 2.00 bits per heavy atom. The highest BCUT2D eigenvalue weighted by atomic mass is 35.5. The van der Waals surface area contributed by atoms with Crippen LogP contribution in [-0.4, -0.2) is 36.5 Å². The first-order valence-electron chi connectivity index (χ1n) is 8.05. The van der Waals surface area contributed by atoms with Crippen molar-refractivity contribution in [1.29, 1.82) is 0 Å². The number of amides is 3. The second-order valence-electron chi connectivity index (χ2n) is 6.11. The molecule has 3 amide bonds. The zero-order valence-corrected chi connectivity index (χ0v) is 14.4. The highest BCUT2D eigenvalue weighted by Gasteiger charge is 2.19. The van der Waals surface area contributed by atoms with E-state index in [4.69, 9.17) is 11.6 Å². The van der Waals surface area contributed by atoms with Gasteiger partial charge in [0.2, 0.25) is 5.91 Å². The third-order valence-electron chi connectivity index (χ3n) is 4.24. The van der Waals surface area contributed by atoms with E-state index >= 15 is 0 Å². The smallest absolute Gasteiger partial charge is 0.317 e. The highest BCUT2D eigenvalue weighted by molar-refractivity contribution is 6.31. The Morgan fingerprint density at radius 3 is 2.70 bits per heavy atom. The molecule has 1 saturated heterocycles. The Morgan fingerprint density at radius 1 is 1.30 bits per heavy atom. The first-order valence-corrected chi connectivity index (χ1v) is 8.43. The minimum atomic E-state index is -0.136. The molecule has 5 nitrogen and oxygen atoms in total. The van der Waals surface area contributed by atoms with E-state index in [-0.39, 0.29) is 18.4 Å². The number of nitrogens with zero attached hydrogens (tertiary/aromatic N) is 1. The zero-order chi connectivity index (χ0) is 16.8. The molecule has 1 heterocycles. The van der Waals surface area contributed by atoms with E-state index in [1.807, 2.05) is 17.9 Å². The number of halogens is 1. The lowest BCUT2D eigenvalue weighted by molar-refractivity contribution is -0.116. The number of piperidine rings is 1. The van der Waals surface area contributed by atoms with Gasteiger partial charge in [-0.3, -0.25) is 4.79 Å². The minimum absolute atomic E-state index is 0.0800. The monoisotopic (exact) mass is 337 g/mol. The summed E-state index contributed by atoms with van der Waals surface area (Å²) in [4.78, 5) is 25.8. The van der Waals surface area contributed by atoms with Crippen LogP contribution in [0.5, 0.6) is 0 Å². The second kappa shape index (κ2) is 8.20. The van der Waals surface area contributed by atoms with E-state index in [2.05, 4.69) is 17.6 Å². The van der Waals surface area contributed by atoms with Crippen LogP contribution in [-0.2, 0) is 4.79 Å². The van der Waals surface area contributed by atoms with Crippen LogP contribution < -0.4 is 10.6 Å². The zero-order valence-electron chi connectivity index (χ0n) is 13.7. The quantitative estimate of drug-likeness (QED) is 0.884. The molecule has 23 heavy (non-hydrogen) atoms. The predicted octanol–water partition coefficient (Wildman–Crippen LogP) is 3.42. The van der Waals surface area contributed by atoms with Crippen LogP contribution in [0.3, 0.4) is 0 Å². The van der Waals surface area contributed by atoms with Gasteiger partial charge in [-0.25, -0.2) is 4.79 Å². The van der Waals surface area contributed by atoms with Crippen molar-refractivity contribution in [3.05, 3.63) is 28.8 Å². The third kappa shape index (κ3) is 5.13. The molecule has 1 aliphatic rings. The van der Waals surface area contributed by atoms with Gasteiger partial charge in [0.15, 0.2) is 0 Å². The number of likely N-dealkylation sites (tertiary alicyclic amines) is 1. The standard InChI is InChI=1S/C17H24ClN3O2/c1-12-7-10-21(11-8-12)17(23)19-9-6-16(22)20-15-5-3-4-14(18)13(15)2/h3-5,12H,6-11H2,1-2H3,(H,19,23)(H,20,22). The first kappa shape index (κ1) is 17.6. The maximum absolute atomic E-state index is 12.0. The van der Waals surface area contributed by atoms with E-state index in [9.17, 15) is 9.59 Å². The molecule has 126 valence electrons. The molecular formula is C17H24ClN3O2. The van der Waals surface area contributed by atoms with Crippen molar-refractivity contribution in [3.63, 3.8) is 0 Å². The number of rotatable bonds is 4. The lowest BCUT2D eigenvalue weighted by Crippen LogP contribution is -2.44. The summed E-state index contributed by atoms with van der Waals surface area (Å²) in [5.41, 5.74) is 1.55. The molecule has 0 aromatic heterocycles. The SMILES string of the molecule is Cc1c(Cl)cccc1NC(=O)CCNC(=O)N1CCC(C)CC1. The van der Waals surface area contributed by atoms with Gasteiger partial charge in [0.25, 0.3) is 0 Å². The maximum Gasteiger partial charge on any atom is 0.317 e. The first-order chi connectivity index (χ1) is 11.0. The number of anilines is 1. The van der Waals surface area contributed by atoms with Gasteiger partial charge < -0.3 is 15.5 Å². The molecule has 0 radical (unpaired) electrons. The fourth-order valence-electron chi connectivity index (χ4n) is 2.56. The van der Waals surface area contributed by atoms with Crippen LogP contribution in [0.1, 0.15) is 31.7 Å². The van der Waals surface area contributed by atoms with Crippen LogP contribution >= 0.6 is 11.6 Å². The summed E-state index contributed by atoms with van der Waals surface area (Å²) in [7, 11) is 0. The van der Waals surface area contributed by atoms with Gasteiger partial charge in [-0.1, -0.05) is 24.6 Å². The Bertz CT molecular complexity index is 569. The van der Waals surface area contributed by atoms with Gasteiger partial charge in [0.1, 0.15) is 0 Å². The number of hydrogen-bond donors (Lipinski definition) is 2. The van der Waals surface area contributed by atoms with Crippen molar-refractivity contribution in [2.45, 2.75) is 33.1 Å². The fraction of sp³-hybridized carbons (Fsp3) is 0.529. The molecular weight excluding hydrogens is 314 g/mol. The summed E-state index contributed by atoms with van der Waals surface area (Å²) in [6.07, 6.45) is 2.33. The molecule has 0 aliphatic carbocycles. The van der Waals surface area contributed by atoms with Crippen LogP contribution in [0.15, 0.2) is 18.2 Å². The Kier molecular flexibility index (Phi) is 6.28. The van der Waals surface area contributed by atoms with E-state index in [0.717, 1.165) is 31.5 Å². The summed E-state index contributed by atoms with van der Waals surface area (Å²) >= 11 is 6.03. The van der Waals surface area contributed by atoms with Crippen LogP contribution in [0.25, 0.3) is 0 Å². The molecule has 0 unspecified atom stereocenters.